The Kier molecular flexibility index (Phi) is 7.79. The van der Waals surface area contributed by atoms with Crippen LogP contribution in [-0.2, 0) is 17.9 Å². The van der Waals surface area contributed by atoms with Crippen LogP contribution in [0.3, 0.4) is 0 Å². The van der Waals surface area contributed by atoms with Gasteiger partial charge in [-0.2, -0.15) is 0 Å². The molecule has 0 aliphatic carbocycles. The number of amides is 1. The summed E-state index contributed by atoms with van der Waals surface area (Å²) in [4.78, 5) is 31.5. The molecule has 8 nitrogen and oxygen atoms in total. The lowest BCUT2D eigenvalue weighted by Gasteiger charge is -2.13. The molecule has 1 saturated heterocycles. The Morgan fingerprint density at radius 1 is 1.03 bits per heavy atom. The van der Waals surface area contributed by atoms with Crippen LogP contribution in [0.2, 0.25) is 0 Å². The predicted molar refractivity (Wildman–Crippen MR) is 149 cm³/mol. The van der Waals surface area contributed by atoms with E-state index in [0.29, 0.717) is 27.3 Å². The van der Waals surface area contributed by atoms with Gasteiger partial charge in [-0.15, -0.1) is 0 Å². The number of furan rings is 1. The number of amidine groups is 1. The fourth-order valence-corrected chi connectivity index (χ4v) is 4.90. The summed E-state index contributed by atoms with van der Waals surface area (Å²) in [5.41, 5.74) is 2.41. The number of carboxylic acids is 1. The monoisotopic (exact) mass is 540 g/mol. The second-order valence-electron chi connectivity index (χ2n) is 8.52. The maximum atomic E-state index is 13.4. The Hall–Kier alpha value is -4.76. The minimum atomic E-state index is -0.995. The molecular weight excluding hydrogens is 516 g/mol. The van der Waals surface area contributed by atoms with Crippen LogP contribution in [0.4, 0.5) is 5.69 Å². The number of hydrogen-bond donors (Lipinski definition) is 1. The van der Waals surface area contributed by atoms with Gasteiger partial charge < -0.3 is 19.0 Å². The molecule has 0 radical (unpaired) electrons. The Morgan fingerprint density at radius 2 is 1.87 bits per heavy atom. The quantitative estimate of drug-likeness (QED) is 0.246. The third-order valence-electron chi connectivity index (χ3n) is 5.82. The molecule has 39 heavy (non-hydrogen) atoms. The second-order valence-corrected chi connectivity index (χ2v) is 9.52. The summed E-state index contributed by atoms with van der Waals surface area (Å²) < 4.78 is 16.9. The maximum absolute atomic E-state index is 13.4. The zero-order chi connectivity index (χ0) is 27.2. The largest absolute Gasteiger partial charge is 0.493 e. The van der Waals surface area contributed by atoms with Crippen molar-refractivity contribution in [2.24, 2.45) is 4.99 Å². The molecular formula is C30H24N2O6S. The number of carbonyl (C=O) groups excluding carboxylic acids is 1. The van der Waals surface area contributed by atoms with Crippen LogP contribution in [0.15, 0.2) is 106 Å². The maximum Gasteiger partial charge on any atom is 0.335 e. The van der Waals surface area contributed by atoms with Crippen molar-refractivity contribution in [1.82, 2.24) is 4.90 Å². The fraction of sp³-hybridized carbons (Fsp3) is 0.100. The second kappa shape index (κ2) is 11.7. The summed E-state index contributed by atoms with van der Waals surface area (Å²) in [7, 11) is 1.54. The van der Waals surface area contributed by atoms with E-state index in [9.17, 15) is 14.7 Å². The van der Waals surface area contributed by atoms with Gasteiger partial charge in [-0.3, -0.25) is 9.69 Å². The molecule has 1 aromatic heterocycles. The van der Waals surface area contributed by atoms with Gasteiger partial charge in [0, 0.05) is 0 Å². The van der Waals surface area contributed by atoms with Crippen molar-refractivity contribution in [3.8, 4) is 11.5 Å². The Labute approximate surface area is 229 Å². The summed E-state index contributed by atoms with van der Waals surface area (Å²) in [5, 5.41) is 9.77. The minimum absolute atomic E-state index is 0.174. The van der Waals surface area contributed by atoms with E-state index in [0.717, 1.165) is 16.8 Å². The lowest BCUT2D eigenvalue weighted by molar-refractivity contribution is -0.122. The average molecular weight is 541 g/mol. The first-order valence-corrected chi connectivity index (χ1v) is 12.8. The number of aromatic carboxylic acids is 1. The molecule has 1 amide bonds. The van der Waals surface area contributed by atoms with Crippen LogP contribution in [0, 0.1) is 0 Å². The highest BCUT2D eigenvalue weighted by atomic mass is 32.2. The number of benzene rings is 3. The van der Waals surface area contributed by atoms with Gasteiger partial charge in [-0.25, -0.2) is 9.79 Å². The van der Waals surface area contributed by atoms with Crippen molar-refractivity contribution in [1.29, 1.82) is 0 Å². The molecule has 1 aliphatic heterocycles. The van der Waals surface area contributed by atoms with Crippen molar-refractivity contribution in [3.63, 3.8) is 0 Å². The van der Waals surface area contributed by atoms with Gasteiger partial charge in [0.05, 0.1) is 36.1 Å². The van der Waals surface area contributed by atoms with Crippen LogP contribution in [0.1, 0.15) is 27.2 Å². The van der Waals surface area contributed by atoms with E-state index in [1.54, 1.807) is 53.6 Å². The molecule has 0 bridgehead atoms. The number of aliphatic imine (C=N–C) groups is 1. The van der Waals surface area contributed by atoms with Crippen LogP contribution < -0.4 is 9.47 Å². The Balaban J connectivity index is 1.38. The van der Waals surface area contributed by atoms with Gasteiger partial charge in [0.1, 0.15) is 12.4 Å². The molecule has 0 atom stereocenters. The minimum Gasteiger partial charge on any atom is -0.493 e. The Bertz CT molecular complexity index is 1550. The van der Waals surface area contributed by atoms with Gasteiger partial charge in [0.25, 0.3) is 5.91 Å². The fourth-order valence-electron chi connectivity index (χ4n) is 3.90. The van der Waals surface area contributed by atoms with Gasteiger partial charge in [-0.05, 0) is 77.5 Å². The van der Waals surface area contributed by atoms with Gasteiger partial charge in [0.15, 0.2) is 16.7 Å². The average Bonchev–Trinajstić information content (AvgIpc) is 3.57. The lowest BCUT2D eigenvalue weighted by Crippen LogP contribution is -2.28. The summed E-state index contributed by atoms with van der Waals surface area (Å²) in [6.07, 6.45) is 3.37. The highest BCUT2D eigenvalue weighted by Crippen LogP contribution is 2.37. The molecule has 3 aromatic carbocycles. The highest BCUT2D eigenvalue weighted by Gasteiger charge is 2.34. The van der Waals surface area contributed by atoms with E-state index in [-0.39, 0.29) is 24.6 Å². The number of ether oxygens (including phenoxy) is 2. The standard InChI is InChI=1S/C30H24N2O6S/c1-36-26-16-20(12-13-25(26)38-19-21-7-5-8-22(15-21)29(34)35)17-27-28(33)32(18-24-11-6-14-37-24)30(39-27)31-23-9-3-2-4-10-23/h2-17H,18-19H2,1H3,(H,34,35)/b27-17-,31-30?. The highest BCUT2D eigenvalue weighted by molar-refractivity contribution is 8.18. The smallest absolute Gasteiger partial charge is 0.335 e. The molecule has 0 spiro atoms. The number of hydrogen-bond acceptors (Lipinski definition) is 7. The molecule has 0 saturated carbocycles. The molecule has 1 aliphatic rings. The number of carbonyl (C=O) groups is 2. The van der Waals surface area contributed by atoms with Crippen LogP contribution in [-0.4, -0.2) is 34.2 Å². The Morgan fingerprint density at radius 3 is 2.62 bits per heavy atom. The van der Waals surface area contributed by atoms with E-state index in [1.807, 2.05) is 42.5 Å². The number of carboxylic acid groups (broad SMARTS) is 1. The van der Waals surface area contributed by atoms with E-state index in [4.69, 9.17) is 18.9 Å². The van der Waals surface area contributed by atoms with E-state index >= 15 is 0 Å². The first kappa shape index (κ1) is 25.9. The van der Waals surface area contributed by atoms with Crippen molar-refractivity contribution in [3.05, 3.63) is 119 Å². The molecule has 2 heterocycles. The molecule has 0 unspecified atom stereocenters. The van der Waals surface area contributed by atoms with E-state index < -0.39 is 5.97 Å². The third kappa shape index (κ3) is 6.22. The number of nitrogens with zero attached hydrogens (tertiary/aromatic N) is 2. The third-order valence-corrected chi connectivity index (χ3v) is 6.82. The van der Waals surface area contributed by atoms with Crippen LogP contribution in [0.5, 0.6) is 11.5 Å². The summed E-state index contributed by atoms with van der Waals surface area (Å²) in [6.45, 7) is 0.439. The summed E-state index contributed by atoms with van der Waals surface area (Å²) in [5.74, 6) is 0.467. The van der Waals surface area contributed by atoms with Crippen molar-refractivity contribution < 1.29 is 28.6 Å². The number of methoxy groups -OCH3 is 1. The van der Waals surface area contributed by atoms with Gasteiger partial charge in [-0.1, -0.05) is 36.4 Å². The molecule has 4 aromatic rings. The number of para-hydroxylation sites is 1. The van der Waals surface area contributed by atoms with Crippen molar-refractivity contribution in [2.45, 2.75) is 13.2 Å². The van der Waals surface area contributed by atoms with Gasteiger partial charge >= 0.3 is 5.97 Å². The van der Waals surface area contributed by atoms with Gasteiger partial charge in [0.2, 0.25) is 0 Å². The van der Waals surface area contributed by atoms with Crippen molar-refractivity contribution >= 4 is 40.6 Å². The normalized spacial score (nSPS) is 15.2. The molecule has 196 valence electrons. The lowest BCUT2D eigenvalue weighted by atomic mass is 10.1. The zero-order valence-electron chi connectivity index (χ0n) is 20.9. The van der Waals surface area contributed by atoms with E-state index in [2.05, 4.69) is 0 Å². The first-order valence-electron chi connectivity index (χ1n) is 12.0. The number of thioether (sulfide) groups is 1. The molecule has 1 N–H and O–H groups in total. The first-order chi connectivity index (χ1) is 19.0. The zero-order valence-corrected chi connectivity index (χ0v) is 21.8. The van der Waals surface area contributed by atoms with Crippen LogP contribution in [0.25, 0.3) is 6.08 Å². The molecule has 1 fully saturated rings. The molecule has 5 rings (SSSR count). The van der Waals surface area contributed by atoms with Crippen molar-refractivity contribution in [2.75, 3.05) is 7.11 Å². The van der Waals surface area contributed by atoms with E-state index in [1.165, 1.54) is 24.9 Å². The summed E-state index contributed by atoms with van der Waals surface area (Å²) >= 11 is 1.29. The summed E-state index contributed by atoms with van der Waals surface area (Å²) in [6, 6.07) is 25.0. The topological polar surface area (TPSA) is 102 Å². The SMILES string of the molecule is COc1cc(/C=C2\SC(=Nc3ccccc3)N(Cc3ccco3)C2=O)ccc1OCc1cccc(C(=O)O)c1. The van der Waals surface area contributed by atoms with Crippen LogP contribution >= 0.6 is 11.8 Å². The predicted octanol–water partition coefficient (Wildman–Crippen LogP) is 6.37. The number of rotatable bonds is 9. The molecule has 9 heteroatoms.